The minimum atomic E-state index is -1.75. The highest BCUT2D eigenvalue weighted by atomic mass is 28.4. The first-order valence-electron chi connectivity index (χ1n) is 11.5. The third-order valence-electron chi connectivity index (χ3n) is 4.16. The zero-order valence-corrected chi connectivity index (χ0v) is 26.3. The van der Waals surface area contributed by atoms with Gasteiger partial charge < -0.3 is 18.8 Å². The third-order valence-corrected chi connectivity index (χ3v) is 7.84. The van der Waals surface area contributed by atoms with Gasteiger partial charge in [-0.05, 0) is 63.0 Å². The van der Waals surface area contributed by atoms with Crippen LogP contribution in [0.15, 0.2) is 36.4 Å². The van der Waals surface area contributed by atoms with Crippen LogP contribution in [0.5, 0.6) is 11.5 Å². The van der Waals surface area contributed by atoms with E-state index in [-0.39, 0.29) is 0 Å². The van der Waals surface area contributed by atoms with Gasteiger partial charge in [-0.3, -0.25) is 0 Å². The fraction of sp³-hybridized carbons (Fsp3) is 0.500. The largest absolute Gasteiger partial charge is 0.543 e. The van der Waals surface area contributed by atoms with E-state index in [4.69, 9.17) is 8.85 Å². The molecule has 0 unspecified atom stereocenters. The van der Waals surface area contributed by atoms with Crippen LogP contribution in [-0.2, 0) is 0 Å². The second-order valence-electron chi connectivity index (χ2n) is 12.6. The van der Waals surface area contributed by atoms with E-state index in [2.05, 4.69) is 125 Å². The molecule has 0 heterocycles. The van der Waals surface area contributed by atoms with Crippen LogP contribution in [0.25, 0.3) is 11.1 Å². The molecule has 0 fully saturated rings. The molecule has 0 aliphatic carbocycles. The molecule has 0 saturated heterocycles. The van der Waals surface area contributed by atoms with Crippen LogP contribution in [0.4, 0.5) is 11.4 Å². The number of benzene rings is 2. The summed E-state index contributed by atoms with van der Waals surface area (Å²) in [4.78, 5) is 7.66. The predicted molar refractivity (Wildman–Crippen MR) is 154 cm³/mol. The van der Waals surface area contributed by atoms with Gasteiger partial charge in [-0.15, -0.1) is 0 Å². The summed E-state index contributed by atoms with van der Waals surface area (Å²) in [5, 5.41) is 0. The van der Waals surface area contributed by atoms with Crippen molar-refractivity contribution in [3.05, 3.63) is 36.4 Å². The van der Waals surface area contributed by atoms with Gasteiger partial charge in [0.25, 0.3) is 0 Å². The van der Waals surface area contributed by atoms with Crippen LogP contribution in [0, 0.1) is 0 Å². The molecule has 2 aromatic rings. The van der Waals surface area contributed by atoms with Crippen LogP contribution in [0.1, 0.15) is 0 Å². The lowest BCUT2D eigenvalue weighted by atomic mass is 10.0. The molecule has 0 bridgehead atoms. The maximum atomic E-state index is 6.51. The summed E-state index contributed by atoms with van der Waals surface area (Å²) in [5.74, 6) is 1.93. The third kappa shape index (κ3) is 8.80. The number of para-hydroxylation sites is 1. The average Bonchev–Trinajstić information content (AvgIpc) is 2.53. The minimum Gasteiger partial charge on any atom is -0.543 e. The molecule has 8 heteroatoms. The quantitative estimate of drug-likeness (QED) is 0.337. The van der Waals surface area contributed by atoms with Crippen molar-refractivity contribution in [3.8, 4) is 22.6 Å². The van der Waals surface area contributed by atoms with Crippen LogP contribution < -0.4 is 18.8 Å². The standard InChI is InChI=1S/C24H44N2O2Si4/c1-29(2,3)25-21-18-19(16-17-22(21)27-31(7,8)9)20-14-13-15-23(28-32(10,11)12)24(20)26-30(4,5)6/h13-18,25-26H,1-12H3. The van der Waals surface area contributed by atoms with Crippen molar-refractivity contribution in [3.63, 3.8) is 0 Å². The maximum absolute atomic E-state index is 6.51. The van der Waals surface area contributed by atoms with Crippen LogP contribution in [0.3, 0.4) is 0 Å². The Kier molecular flexibility index (Phi) is 7.86. The van der Waals surface area contributed by atoms with Crippen molar-refractivity contribution in [2.45, 2.75) is 78.6 Å². The van der Waals surface area contributed by atoms with Crippen molar-refractivity contribution in [1.82, 2.24) is 0 Å². The second-order valence-corrected chi connectivity index (χ2v) is 30.9. The Balaban J connectivity index is 2.67. The first-order valence-corrected chi connectivity index (χ1v) is 25.4. The van der Waals surface area contributed by atoms with Crippen molar-refractivity contribution in [1.29, 1.82) is 0 Å². The molecule has 2 N–H and O–H groups in total. The van der Waals surface area contributed by atoms with Crippen LogP contribution in [-0.4, -0.2) is 33.1 Å². The molecule has 2 rings (SSSR count). The van der Waals surface area contributed by atoms with Gasteiger partial charge in [-0.1, -0.05) is 57.5 Å². The smallest absolute Gasteiger partial charge is 0.242 e. The lowest BCUT2D eigenvalue weighted by Crippen LogP contribution is -2.35. The van der Waals surface area contributed by atoms with Gasteiger partial charge in [0, 0.05) is 5.56 Å². The van der Waals surface area contributed by atoms with Gasteiger partial charge in [-0.25, -0.2) is 0 Å². The Bertz CT molecular complexity index is 937. The summed E-state index contributed by atoms with van der Waals surface area (Å²) in [5.41, 5.74) is 4.57. The fourth-order valence-electron chi connectivity index (χ4n) is 3.31. The highest BCUT2D eigenvalue weighted by Gasteiger charge is 2.25. The highest BCUT2D eigenvalue weighted by Crippen LogP contribution is 2.41. The summed E-state index contributed by atoms with van der Waals surface area (Å²) in [7, 11) is -6.65. The van der Waals surface area contributed by atoms with E-state index in [9.17, 15) is 0 Å². The normalized spacial score (nSPS) is 13.0. The number of hydrogen-bond donors (Lipinski definition) is 2. The molecule has 0 atom stereocenters. The van der Waals surface area contributed by atoms with E-state index < -0.39 is 33.1 Å². The summed E-state index contributed by atoms with van der Waals surface area (Å²) in [6, 6.07) is 13.0. The summed E-state index contributed by atoms with van der Waals surface area (Å²) >= 11 is 0. The first-order chi connectivity index (χ1) is 14.3. The molecule has 0 aliphatic rings. The molecule has 4 nitrogen and oxygen atoms in total. The van der Waals surface area contributed by atoms with E-state index in [0.717, 1.165) is 22.9 Å². The molecule has 178 valence electrons. The van der Waals surface area contributed by atoms with Gasteiger partial charge in [0.1, 0.15) is 28.0 Å². The van der Waals surface area contributed by atoms with E-state index in [1.165, 1.54) is 11.1 Å². The Morgan fingerprint density at radius 1 is 0.594 bits per heavy atom. The SMILES string of the molecule is C[Si](C)(C)Nc1cc(-c2cccc(O[Si](C)(C)C)c2N[Si](C)(C)C)ccc1O[Si](C)(C)C. The van der Waals surface area contributed by atoms with E-state index >= 15 is 0 Å². The summed E-state index contributed by atoms with van der Waals surface area (Å²) in [6.07, 6.45) is 0. The minimum absolute atomic E-state index is 0.963. The Hall–Kier alpha value is -1.49. The summed E-state index contributed by atoms with van der Waals surface area (Å²) < 4.78 is 13.0. The zero-order chi connectivity index (χ0) is 24.5. The molecular formula is C24H44N2O2Si4. The second kappa shape index (κ2) is 9.40. The lowest BCUT2D eigenvalue weighted by molar-refractivity contribution is 0.560. The highest BCUT2D eigenvalue weighted by molar-refractivity contribution is 6.80. The molecular weight excluding hydrogens is 461 g/mol. The average molecular weight is 505 g/mol. The molecule has 0 amide bonds. The Morgan fingerprint density at radius 2 is 1.12 bits per heavy atom. The molecule has 0 aliphatic heterocycles. The van der Waals surface area contributed by atoms with E-state index in [1.807, 2.05) is 0 Å². The van der Waals surface area contributed by atoms with Gasteiger partial charge in [0.15, 0.2) is 0 Å². The zero-order valence-electron chi connectivity index (χ0n) is 22.3. The van der Waals surface area contributed by atoms with Crippen LogP contribution in [0.2, 0.25) is 78.6 Å². The maximum Gasteiger partial charge on any atom is 0.242 e. The predicted octanol–water partition coefficient (Wildman–Crippen LogP) is 8.27. The van der Waals surface area contributed by atoms with Gasteiger partial charge in [-0.2, -0.15) is 0 Å². The number of anilines is 2. The summed E-state index contributed by atoms with van der Waals surface area (Å²) in [6.45, 7) is 27.3. The fourth-order valence-corrected chi connectivity index (χ4v) is 6.99. The number of nitrogens with one attached hydrogen (secondary N) is 2. The Morgan fingerprint density at radius 3 is 1.62 bits per heavy atom. The number of hydrogen-bond acceptors (Lipinski definition) is 4. The van der Waals surface area contributed by atoms with Crippen molar-refractivity contribution < 1.29 is 8.85 Å². The lowest BCUT2D eigenvalue weighted by Gasteiger charge is -2.29. The van der Waals surface area contributed by atoms with Crippen molar-refractivity contribution >= 4 is 44.5 Å². The number of rotatable bonds is 9. The van der Waals surface area contributed by atoms with Gasteiger partial charge >= 0.3 is 0 Å². The topological polar surface area (TPSA) is 42.5 Å². The molecule has 0 radical (unpaired) electrons. The van der Waals surface area contributed by atoms with E-state index in [1.54, 1.807) is 0 Å². The van der Waals surface area contributed by atoms with Gasteiger partial charge in [0.05, 0.1) is 11.4 Å². The van der Waals surface area contributed by atoms with Crippen molar-refractivity contribution in [2.24, 2.45) is 0 Å². The Labute approximate surface area is 200 Å². The van der Waals surface area contributed by atoms with Crippen LogP contribution >= 0.6 is 0 Å². The molecule has 32 heavy (non-hydrogen) atoms. The molecule has 0 saturated carbocycles. The van der Waals surface area contributed by atoms with Crippen molar-refractivity contribution in [2.75, 3.05) is 9.96 Å². The first kappa shape index (κ1) is 26.8. The van der Waals surface area contributed by atoms with E-state index in [0.29, 0.717) is 0 Å². The molecule has 2 aromatic carbocycles. The van der Waals surface area contributed by atoms with Gasteiger partial charge in [0.2, 0.25) is 16.6 Å². The monoisotopic (exact) mass is 504 g/mol. The molecule has 0 aromatic heterocycles. The molecule has 0 spiro atoms.